The van der Waals surface area contributed by atoms with Gasteiger partial charge in [-0.15, -0.1) is 0 Å². The smallest absolute Gasteiger partial charge is 0.237 e. The molecule has 2 atom stereocenters. The van der Waals surface area contributed by atoms with Gasteiger partial charge in [0.25, 0.3) is 0 Å². The molecule has 1 aliphatic rings. The van der Waals surface area contributed by atoms with Crippen LogP contribution in [-0.4, -0.2) is 35.4 Å². The first-order chi connectivity index (χ1) is 16.6. The van der Waals surface area contributed by atoms with Crippen LogP contribution in [0, 0.1) is 32.2 Å². The third kappa shape index (κ3) is 5.87. The predicted molar refractivity (Wildman–Crippen MR) is 137 cm³/mol. The van der Waals surface area contributed by atoms with Crippen LogP contribution in [-0.2, 0) is 4.79 Å². The fraction of sp³-hybridized carbons (Fsp3) is 0.269. The minimum absolute atomic E-state index is 0.0595. The second-order valence-electron chi connectivity index (χ2n) is 8.21. The van der Waals surface area contributed by atoms with Gasteiger partial charge in [-0.25, -0.2) is 4.98 Å². The SMILES string of the molecule is C#CNc1cccc(SNc2nc(O[C@@H]3CNC[C@H](C=O)C3)cc(-c3c(C)cccc3C)n2)c1. The Morgan fingerprint density at radius 3 is 2.71 bits per heavy atom. The summed E-state index contributed by atoms with van der Waals surface area (Å²) in [4.78, 5) is 21.6. The molecule has 0 bridgehead atoms. The van der Waals surface area contributed by atoms with E-state index in [1.807, 2.05) is 36.4 Å². The molecule has 174 valence electrons. The van der Waals surface area contributed by atoms with E-state index < -0.39 is 0 Å². The van der Waals surface area contributed by atoms with Crippen LogP contribution >= 0.6 is 11.9 Å². The molecule has 34 heavy (non-hydrogen) atoms. The predicted octanol–water partition coefficient (Wildman–Crippen LogP) is 4.44. The molecule has 1 saturated heterocycles. The average Bonchev–Trinajstić information content (AvgIpc) is 2.83. The van der Waals surface area contributed by atoms with Crippen molar-refractivity contribution in [3.05, 3.63) is 59.7 Å². The van der Waals surface area contributed by atoms with Gasteiger partial charge in [0.05, 0.1) is 5.69 Å². The van der Waals surface area contributed by atoms with Crippen molar-refractivity contribution in [2.45, 2.75) is 31.3 Å². The van der Waals surface area contributed by atoms with E-state index in [1.165, 1.54) is 11.9 Å². The van der Waals surface area contributed by atoms with Gasteiger partial charge in [0.1, 0.15) is 12.4 Å². The van der Waals surface area contributed by atoms with Gasteiger partial charge in [0.15, 0.2) is 0 Å². The number of nitrogens with zero attached hydrogens (tertiary/aromatic N) is 2. The van der Waals surface area contributed by atoms with Crippen molar-refractivity contribution in [2.24, 2.45) is 5.92 Å². The number of anilines is 2. The number of nitrogens with one attached hydrogen (secondary N) is 3. The third-order valence-corrected chi connectivity index (χ3v) is 6.35. The molecular weight excluding hydrogens is 446 g/mol. The Bertz CT molecular complexity index is 1190. The maximum Gasteiger partial charge on any atom is 0.237 e. The summed E-state index contributed by atoms with van der Waals surface area (Å²) < 4.78 is 9.46. The lowest BCUT2D eigenvalue weighted by molar-refractivity contribution is -0.112. The van der Waals surface area contributed by atoms with Gasteiger partial charge < -0.3 is 20.2 Å². The number of hydrogen-bond donors (Lipinski definition) is 3. The highest BCUT2D eigenvalue weighted by Crippen LogP contribution is 2.31. The van der Waals surface area contributed by atoms with E-state index in [-0.39, 0.29) is 12.0 Å². The molecule has 0 amide bonds. The molecular formula is C26H27N5O2S. The lowest BCUT2D eigenvalue weighted by Gasteiger charge is -2.27. The van der Waals surface area contributed by atoms with Crippen molar-refractivity contribution in [2.75, 3.05) is 23.1 Å². The van der Waals surface area contributed by atoms with Gasteiger partial charge in [-0.1, -0.05) is 30.7 Å². The summed E-state index contributed by atoms with van der Waals surface area (Å²) in [5.41, 5.74) is 4.91. The number of aryl methyl sites for hydroxylation is 2. The van der Waals surface area contributed by atoms with Crippen molar-refractivity contribution >= 4 is 29.9 Å². The molecule has 0 aliphatic carbocycles. The first-order valence-corrected chi connectivity index (χ1v) is 11.9. The molecule has 3 aromatic rings. The highest BCUT2D eigenvalue weighted by Gasteiger charge is 2.23. The molecule has 0 unspecified atom stereocenters. The van der Waals surface area contributed by atoms with E-state index in [9.17, 15) is 4.79 Å². The number of ether oxygens (including phenoxy) is 1. The number of rotatable bonds is 8. The van der Waals surface area contributed by atoms with Crippen molar-refractivity contribution in [3.8, 4) is 29.6 Å². The maximum atomic E-state index is 11.3. The summed E-state index contributed by atoms with van der Waals surface area (Å²) in [5.74, 6) is 0.846. The normalized spacial score (nSPS) is 17.4. The standard InChI is InChI=1S/C26H27N5O2S/c1-4-28-20-9-6-10-22(12-20)34-31-26-29-23(25-17(2)7-5-8-18(25)3)13-24(30-26)33-21-11-19(16-32)14-27-15-21/h1,5-10,12-13,16,19,21,27-28H,11,14-15H2,2-3H3,(H,29,30,31)/t19-,21+/m1/s1. The number of aromatic nitrogens is 2. The number of carbonyl (C=O) groups is 1. The van der Waals surface area contributed by atoms with Crippen LogP contribution in [0.3, 0.4) is 0 Å². The Hall–Kier alpha value is -3.54. The first-order valence-electron chi connectivity index (χ1n) is 11.1. The molecule has 1 aromatic heterocycles. The second-order valence-corrected chi connectivity index (χ2v) is 9.09. The van der Waals surface area contributed by atoms with E-state index in [1.54, 1.807) is 0 Å². The van der Waals surface area contributed by atoms with Crippen molar-refractivity contribution in [1.29, 1.82) is 0 Å². The first kappa shape index (κ1) is 23.6. The molecule has 7 nitrogen and oxygen atoms in total. The number of hydrogen-bond acceptors (Lipinski definition) is 8. The summed E-state index contributed by atoms with van der Waals surface area (Å²) in [6, 6.07) is 18.2. The second kappa shape index (κ2) is 11.1. The van der Waals surface area contributed by atoms with Crippen LogP contribution in [0.15, 0.2) is 53.4 Å². The topological polar surface area (TPSA) is 88.2 Å². The molecule has 0 spiro atoms. The summed E-state index contributed by atoms with van der Waals surface area (Å²) in [7, 11) is 0. The highest BCUT2D eigenvalue weighted by atomic mass is 32.2. The number of carbonyl (C=O) groups excluding carboxylic acids is 1. The lowest BCUT2D eigenvalue weighted by Crippen LogP contribution is -2.42. The fourth-order valence-electron chi connectivity index (χ4n) is 4.00. The highest BCUT2D eigenvalue weighted by molar-refractivity contribution is 8.00. The van der Waals surface area contributed by atoms with Gasteiger partial charge in [-0.05, 0) is 61.5 Å². The molecule has 2 heterocycles. The Kier molecular flexibility index (Phi) is 7.68. The summed E-state index contributed by atoms with van der Waals surface area (Å²) in [6.07, 6.45) is 6.84. The zero-order chi connectivity index (χ0) is 23.9. The van der Waals surface area contributed by atoms with Crippen LogP contribution in [0.2, 0.25) is 0 Å². The van der Waals surface area contributed by atoms with Crippen LogP contribution in [0.5, 0.6) is 5.88 Å². The maximum absolute atomic E-state index is 11.3. The minimum atomic E-state index is -0.142. The molecule has 3 N–H and O–H groups in total. The molecule has 0 radical (unpaired) electrons. The zero-order valence-corrected chi connectivity index (χ0v) is 20.0. The van der Waals surface area contributed by atoms with Crippen molar-refractivity contribution in [1.82, 2.24) is 15.3 Å². The molecule has 8 heteroatoms. The van der Waals surface area contributed by atoms with Crippen molar-refractivity contribution < 1.29 is 9.53 Å². The lowest BCUT2D eigenvalue weighted by atomic mass is 9.99. The Balaban J connectivity index is 1.62. The van der Waals surface area contributed by atoms with Crippen LogP contribution < -0.4 is 20.1 Å². The number of aldehydes is 1. The largest absolute Gasteiger partial charge is 0.473 e. The Morgan fingerprint density at radius 1 is 1.15 bits per heavy atom. The van der Waals surface area contributed by atoms with Gasteiger partial charge >= 0.3 is 0 Å². The molecule has 2 aromatic carbocycles. The number of piperidine rings is 1. The van der Waals surface area contributed by atoms with E-state index in [2.05, 4.69) is 52.4 Å². The van der Waals surface area contributed by atoms with Crippen LogP contribution in [0.4, 0.5) is 11.6 Å². The monoisotopic (exact) mass is 473 g/mol. The summed E-state index contributed by atoms with van der Waals surface area (Å²) in [6.45, 7) is 5.48. The summed E-state index contributed by atoms with van der Waals surface area (Å²) >= 11 is 1.39. The van der Waals surface area contributed by atoms with Crippen LogP contribution in [0.1, 0.15) is 17.5 Å². The Morgan fingerprint density at radius 2 is 1.94 bits per heavy atom. The van der Waals surface area contributed by atoms with Gasteiger partial charge in [0.2, 0.25) is 11.8 Å². The fourth-order valence-corrected chi connectivity index (χ4v) is 4.63. The van der Waals surface area contributed by atoms with Crippen molar-refractivity contribution in [3.63, 3.8) is 0 Å². The van der Waals surface area contributed by atoms with E-state index >= 15 is 0 Å². The number of benzene rings is 2. The summed E-state index contributed by atoms with van der Waals surface area (Å²) in [5, 5.41) is 6.11. The molecule has 4 rings (SSSR count). The minimum Gasteiger partial charge on any atom is -0.473 e. The third-order valence-electron chi connectivity index (χ3n) is 5.57. The van der Waals surface area contributed by atoms with Gasteiger partial charge in [-0.3, -0.25) is 4.72 Å². The van der Waals surface area contributed by atoms with Gasteiger partial charge in [0, 0.05) is 47.3 Å². The zero-order valence-electron chi connectivity index (χ0n) is 19.2. The van der Waals surface area contributed by atoms with E-state index in [4.69, 9.17) is 16.1 Å². The average molecular weight is 474 g/mol. The molecule has 1 fully saturated rings. The molecule has 0 saturated carbocycles. The quantitative estimate of drug-likeness (QED) is 0.192. The van der Waals surface area contributed by atoms with Gasteiger partial charge in [-0.2, -0.15) is 4.98 Å². The Labute approximate surface area is 204 Å². The van der Waals surface area contributed by atoms with Crippen LogP contribution in [0.25, 0.3) is 11.3 Å². The van der Waals surface area contributed by atoms with E-state index in [0.29, 0.717) is 31.3 Å². The molecule has 1 aliphatic heterocycles. The number of terminal acetylenes is 1. The van der Waals surface area contributed by atoms with E-state index in [0.717, 1.165) is 39.3 Å².